The highest BCUT2D eigenvalue weighted by Crippen LogP contribution is 2.30. The van der Waals surface area contributed by atoms with Crippen molar-refractivity contribution in [1.82, 2.24) is 30.7 Å². The van der Waals surface area contributed by atoms with Crippen molar-refractivity contribution in [3.63, 3.8) is 0 Å². The second-order valence-corrected chi connectivity index (χ2v) is 18.0. The Kier molecular flexibility index (Phi) is 20.8. The third-order valence-electron chi connectivity index (χ3n) is 12.6. The molecular weight excluding hydrogens is 787 g/mol. The minimum Gasteiger partial charge on any atom is -0.399 e. The lowest BCUT2D eigenvalue weighted by Crippen LogP contribution is -2.59. The smallest absolute Gasteiger partial charge is 0.245 e. The van der Waals surface area contributed by atoms with E-state index in [1.807, 2.05) is 115 Å². The van der Waals surface area contributed by atoms with E-state index in [2.05, 4.69) is 16.0 Å². The molecule has 1 unspecified atom stereocenters. The van der Waals surface area contributed by atoms with Crippen molar-refractivity contribution < 1.29 is 33.4 Å². The lowest BCUT2D eigenvalue weighted by atomic mass is 9.89. The quantitative estimate of drug-likeness (QED) is 0.112. The van der Waals surface area contributed by atoms with E-state index in [1.165, 1.54) is 0 Å². The molecule has 346 valence electrons. The van der Waals surface area contributed by atoms with Crippen molar-refractivity contribution in [2.24, 2.45) is 23.7 Å². The minimum absolute atomic E-state index is 0.00107. The number of rotatable bonds is 24. The van der Waals surface area contributed by atoms with Crippen LogP contribution in [-0.4, -0.2) is 135 Å². The molecule has 2 aromatic rings. The molecule has 62 heavy (non-hydrogen) atoms. The van der Waals surface area contributed by atoms with Crippen LogP contribution in [0.25, 0.3) is 0 Å². The minimum atomic E-state index is -0.842. The fraction of sp³-hybridized carbons (Fsp3) is 0.646. The van der Waals surface area contributed by atoms with Gasteiger partial charge in [0.05, 0.1) is 42.7 Å². The molecule has 1 heterocycles. The normalized spacial score (nSPS) is 18.0. The fourth-order valence-electron chi connectivity index (χ4n) is 8.91. The van der Waals surface area contributed by atoms with Crippen LogP contribution in [0.4, 0.5) is 5.69 Å². The number of hydrogen-bond acceptors (Lipinski definition) is 9. The molecule has 3 rings (SSSR count). The number of hydrogen-bond donors (Lipinski definition) is 4. The van der Waals surface area contributed by atoms with E-state index in [1.54, 1.807) is 38.0 Å². The van der Waals surface area contributed by atoms with Gasteiger partial charge in [0.1, 0.15) is 12.1 Å². The SMILES string of the molecule is CC[C@H](C)[C@@H]([C@@H](CC(=O)N1CCC[C@H]1[C@H](OC)[C@@H](C)C(=O)NC(Cc1ccccc1)C(=O)NCCc1ccc(N)cc1)OC)N(C)C(=O)[C@@H](NC(=O)[C@H](C(C)C)N(C)C)C(C)C. The molecule has 9 atom stereocenters. The van der Waals surface area contributed by atoms with Gasteiger partial charge < -0.3 is 41.0 Å². The molecule has 14 heteroatoms. The highest BCUT2D eigenvalue weighted by atomic mass is 16.5. The molecule has 1 fully saturated rings. The number of amides is 5. The number of nitrogen functional groups attached to an aromatic ring is 1. The summed E-state index contributed by atoms with van der Waals surface area (Å²) in [4.78, 5) is 75.2. The van der Waals surface area contributed by atoms with Crippen molar-refractivity contribution in [3.8, 4) is 0 Å². The van der Waals surface area contributed by atoms with Gasteiger partial charge in [0, 0.05) is 46.5 Å². The zero-order chi connectivity index (χ0) is 46.3. The number of benzene rings is 2. The van der Waals surface area contributed by atoms with Crippen LogP contribution >= 0.6 is 0 Å². The van der Waals surface area contributed by atoms with Gasteiger partial charge in [0.15, 0.2) is 0 Å². The Hall–Kier alpha value is -4.53. The summed E-state index contributed by atoms with van der Waals surface area (Å²) in [5, 5.41) is 9.05. The number of nitrogens with two attached hydrogens (primary N) is 1. The number of ether oxygens (including phenoxy) is 2. The first-order valence-electron chi connectivity index (χ1n) is 22.4. The van der Waals surface area contributed by atoms with E-state index in [0.717, 1.165) is 24.0 Å². The average molecular weight is 864 g/mol. The largest absolute Gasteiger partial charge is 0.399 e. The molecule has 5 amide bonds. The van der Waals surface area contributed by atoms with Crippen LogP contribution in [-0.2, 0) is 46.3 Å². The molecule has 0 bridgehead atoms. The van der Waals surface area contributed by atoms with E-state index < -0.39 is 48.3 Å². The second-order valence-electron chi connectivity index (χ2n) is 18.0. The van der Waals surface area contributed by atoms with E-state index in [4.69, 9.17) is 15.2 Å². The highest BCUT2D eigenvalue weighted by Gasteiger charge is 2.43. The Bertz CT molecular complexity index is 1720. The molecular formula is C48H77N7O7. The zero-order valence-electron chi connectivity index (χ0n) is 39.5. The number of methoxy groups -OCH3 is 2. The summed E-state index contributed by atoms with van der Waals surface area (Å²) >= 11 is 0. The van der Waals surface area contributed by atoms with Crippen molar-refractivity contribution >= 4 is 35.2 Å². The number of likely N-dealkylation sites (tertiary alicyclic amines) is 1. The van der Waals surface area contributed by atoms with E-state index in [-0.39, 0.29) is 53.7 Å². The highest BCUT2D eigenvalue weighted by molar-refractivity contribution is 5.90. The van der Waals surface area contributed by atoms with Crippen molar-refractivity contribution in [1.29, 1.82) is 0 Å². The maximum atomic E-state index is 14.4. The summed E-state index contributed by atoms with van der Waals surface area (Å²) in [6, 6.07) is 14.1. The standard InChI is InChI=1S/C48H77N7O7/c1-13-32(6)43(54(10)48(60)41(30(2)3)52-47(59)42(31(4)5)53(8)9)39(61-11)29-40(56)55-27-17-20-38(55)44(62-12)33(7)45(57)51-37(28-35-18-15-14-16-19-35)46(58)50-26-25-34-21-23-36(49)24-22-34/h14-16,18-19,21-24,30-33,37-39,41-44H,13,17,20,25-29,49H2,1-12H3,(H,50,58)(H,51,57)(H,52,59)/t32-,33+,37?,38-,39+,41-,42-,43-,44+/m0/s1. The van der Waals surface area contributed by atoms with Crippen LogP contribution in [0.3, 0.4) is 0 Å². The lowest BCUT2D eigenvalue weighted by molar-refractivity contribution is -0.148. The maximum absolute atomic E-state index is 14.4. The van der Waals surface area contributed by atoms with Crippen molar-refractivity contribution in [3.05, 3.63) is 65.7 Å². The first-order valence-corrected chi connectivity index (χ1v) is 22.4. The fourth-order valence-corrected chi connectivity index (χ4v) is 8.91. The molecule has 0 aliphatic carbocycles. The Morgan fingerprint density at radius 1 is 0.823 bits per heavy atom. The van der Waals surface area contributed by atoms with Gasteiger partial charge in [0.25, 0.3) is 0 Å². The Balaban J connectivity index is 1.78. The molecule has 5 N–H and O–H groups in total. The molecule has 1 saturated heterocycles. The lowest BCUT2D eigenvalue weighted by Gasteiger charge is -2.41. The third-order valence-corrected chi connectivity index (χ3v) is 12.6. The summed E-state index contributed by atoms with van der Waals surface area (Å²) < 4.78 is 12.1. The first-order chi connectivity index (χ1) is 29.4. The van der Waals surface area contributed by atoms with Crippen LogP contribution in [0.2, 0.25) is 0 Å². The summed E-state index contributed by atoms with van der Waals surface area (Å²) in [6.45, 7) is 14.5. The van der Waals surface area contributed by atoms with Crippen LogP contribution < -0.4 is 21.7 Å². The summed E-state index contributed by atoms with van der Waals surface area (Å²) in [5.41, 5.74) is 8.43. The first kappa shape index (κ1) is 51.8. The van der Waals surface area contributed by atoms with Gasteiger partial charge in [0.2, 0.25) is 29.5 Å². The number of carbonyl (C=O) groups excluding carboxylic acids is 5. The van der Waals surface area contributed by atoms with Crippen molar-refractivity contribution in [2.45, 2.75) is 129 Å². The Labute approximate surface area is 371 Å². The predicted molar refractivity (Wildman–Crippen MR) is 245 cm³/mol. The number of anilines is 1. The van der Waals surface area contributed by atoms with Gasteiger partial charge in [-0.2, -0.15) is 0 Å². The second kappa shape index (κ2) is 24.9. The molecule has 0 aromatic heterocycles. The summed E-state index contributed by atoms with van der Waals surface area (Å²) in [6.07, 6.45) is 1.67. The van der Waals surface area contributed by atoms with Crippen molar-refractivity contribution in [2.75, 3.05) is 54.2 Å². The van der Waals surface area contributed by atoms with Gasteiger partial charge in [-0.1, -0.05) is 97.4 Å². The van der Waals surface area contributed by atoms with Crippen LogP contribution in [0.1, 0.15) is 85.3 Å². The molecule has 0 spiro atoms. The Morgan fingerprint density at radius 3 is 2.02 bits per heavy atom. The van der Waals surface area contributed by atoms with Gasteiger partial charge in [-0.15, -0.1) is 0 Å². The van der Waals surface area contributed by atoms with Crippen LogP contribution in [0.15, 0.2) is 54.6 Å². The van der Waals surface area contributed by atoms with E-state index in [0.29, 0.717) is 38.0 Å². The van der Waals surface area contributed by atoms with E-state index >= 15 is 0 Å². The van der Waals surface area contributed by atoms with Crippen LogP contribution in [0.5, 0.6) is 0 Å². The summed E-state index contributed by atoms with van der Waals surface area (Å²) in [5.74, 6) is -2.17. The Morgan fingerprint density at radius 2 is 1.47 bits per heavy atom. The zero-order valence-corrected chi connectivity index (χ0v) is 39.5. The number of likely N-dealkylation sites (N-methyl/N-ethyl adjacent to an activating group) is 2. The molecule has 0 radical (unpaired) electrons. The molecule has 1 aliphatic rings. The molecule has 1 aliphatic heterocycles. The topological polar surface area (TPSA) is 176 Å². The monoisotopic (exact) mass is 864 g/mol. The molecule has 14 nitrogen and oxygen atoms in total. The average Bonchev–Trinajstić information content (AvgIpc) is 3.72. The van der Waals surface area contributed by atoms with E-state index in [9.17, 15) is 24.0 Å². The van der Waals surface area contributed by atoms with Crippen LogP contribution in [0, 0.1) is 23.7 Å². The van der Waals surface area contributed by atoms with Gasteiger partial charge in [-0.05, 0) is 74.4 Å². The summed E-state index contributed by atoms with van der Waals surface area (Å²) in [7, 11) is 8.54. The number of nitrogens with zero attached hydrogens (tertiary/aromatic N) is 3. The molecule has 2 aromatic carbocycles. The number of carbonyl (C=O) groups is 5. The predicted octanol–water partition coefficient (Wildman–Crippen LogP) is 4.30. The van der Waals surface area contributed by atoms with Gasteiger partial charge >= 0.3 is 0 Å². The van der Waals surface area contributed by atoms with Gasteiger partial charge in [-0.3, -0.25) is 28.9 Å². The maximum Gasteiger partial charge on any atom is 0.245 e. The van der Waals surface area contributed by atoms with Gasteiger partial charge in [-0.25, -0.2) is 0 Å². The number of nitrogens with one attached hydrogen (secondary N) is 3. The molecule has 0 saturated carbocycles. The third kappa shape index (κ3) is 14.2.